The van der Waals surface area contributed by atoms with Gasteiger partial charge >= 0.3 is 0 Å². The minimum atomic E-state index is -1.05. The van der Waals surface area contributed by atoms with Crippen LogP contribution < -0.4 is 0 Å². The molecule has 0 aliphatic rings. The van der Waals surface area contributed by atoms with Gasteiger partial charge in [0.25, 0.3) is 0 Å². The third kappa shape index (κ3) is 4.35. The largest absolute Gasteiger partial charge is 0.384 e. The lowest BCUT2D eigenvalue weighted by atomic mass is 10.1. The number of aliphatic hydroxyl groups is 1. The molecule has 0 unspecified atom stereocenters. The maximum absolute atomic E-state index is 10.5. The van der Waals surface area contributed by atoms with Crippen LogP contribution in [0.25, 0.3) is 26.7 Å². The summed E-state index contributed by atoms with van der Waals surface area (Å²) in [6, 6.07) is 22.4. The van der Waals surface area contributed by atoms with E-state index in [1.165, 1.54) is 15.3 Å². The average molecular weight is 455 g/mol. The molecular formula is C24H23ClN2OS2. The summed E-state index contributed by atoms with van der Waals surface area (Å²) in [5.41, 5.74) is 2.47. The van der Waals surface area contributed by atoms with Gasteiger partial charge in [0.05, 0.1) is 27.0 Å². The quantitative estimate of drug-likeness (QED) is 0.311. The highest BCUT2D eigenvalue weighted by Crippen LogP contribution is 2.38. The van der Waals surface area contributed by atoms with Gasteiger partial charge in [0, 0.05) is 9.77 Å². The summed E-state index contributed by atoms with van der Waals surface area (Å²) in [4.78, 5) is 3.54. The number of benzene rings is 2. The van der Waals surface area contributed by atoms with Crippen LogP contribution in [0.15, 0.2) is 71.6 Å². The molecule has 30 heavy (non-hydrogen) atoms. The number of thioether (sulfide) groups is 1. The van der Waals surface area contributed by atoms with Crippen LogP contribution in [0.2, 0.25) is 5.02 Å². The van der Waals surface area contributed by atoms with Crippen LogP contribution in [0.5, 0.6) is 0 Å². The van der Waals surface area contributed by atoms with Crippen LogP contribution in [0.4, 0.5) is 0 Å². The van der Waals surface area contributed by atoms with E-state index in [-0.39, 0.29) is 0 Å². The fourth-order valence-electron chi connectivity index (χ4n) is 3.20. The van der Waals surface area contributed by atoms with Crippen molar-refractivity contribution in [1.82, 2.24) is 9.78 Å². The van der Waals surface area contributed by atoms with Crippen molar-refractivity contribution >= 4 is 34.7 Å². The Kier molecular flexibility index (Phi) is 6.07. The smallest absolute Gasteiger partial charge is 0.103 e. The van der Waals surface area contributed by atoms with E-state index >= 15 is 0 Å². The molecule has 154 valence electrons. The summed E-state index contributed by atoms with van der Waals surface area (Å²) in [5, 5.41) is 15.9. The van der Waals surface area contributed by atoms with Crippen molar-refractivity contribution in [1.29, 1.82) is 0 Å². The van der Waals surface area contributed by atoms with Crippen LogP contribution in [-0.2, 0) is 5.60 Å². The Labute approximate surface area is 190 Å². The minimum absolute atomic E-state index is 0.605. The van der Waals surface area contributed by atoms with Gasteiger partial charge < -0.3 is 5.11 Å². The number of nitrogens with zero attached hydrogens (tertiary/aromatic N) is 2. The minimum Gasteiger partial charge on any atom is -0.384 e. The standard InChI is InChI=1S/C24H23ClN2OS2/c1-4-29-17-9-7-8-16(14-17)21-12-13-22(30-21)20-15-23(24(2,3)28)26-27(20)19-11-6-5-10-18(19)25/h5-15,28H,4H2,1-3H3. The first kappa shape index (κ1) is 21.2. The van der Waals surface area contributed by atoms with Crippen molar-refractivity contribution in [2.45, 2.75) is 31.3 Å². The van der Waals surface area contributed by atoms with Gasteiger partial charge in [-0.15, -0.1) is 23.1 Å². The van der Waals surface area contributed by atoms with E-state index < -0.39 is 5.60 Å². The second-order valence-electron chi connectivity index (χ2n) is 7.46. The van der Waals surface area contributed by atoms with Crippen LogP contribution in [0.1, 0.15) is 26.5 Å². The zero-order chi connectivity index (χ0) is 21.3. The number of hydrogen-bond donors (Lipinski definition) is 1. The lowest BCUT2D eigenvalue weighted by Crippen LogP contribution is -2.16. The zero-order valence-electron chi connectivity index (χ0n) is 17.1. The molecule has 0 saturated carbocycles. The summed E-state index contributed by atoms with van der Waals surface area (Å²) in [6.45, 7) is 5.65. The summed E-state index contributed by atoms with van der Waals surface area (Å²) in [7, 11) is 0. The molecule has 0 spiro atoms. The fraction of sp³-hybridized carbons (Fsp3) is 0.208. The van der Waals surface area contributed by atoms with Gasteiger partial charge in [-0.2, -0.15) is 5.10 Å². The summed E-state index contributed by atoms with van der Waals surface area (Å²) in [6.07, 6.45) is 0. The number of para-hydroxylation sites is 1. The second kappa shape index (κ2) is 8.60. The Bertz CT molecular complexity index is 1170. The van der Waals surface area contributed by atoms with Crippen molar-refractivity contribution in [3.8, 4) is 26.7 Å². The molecule has 2 aromatic carbocycles. The number of hydrogen-bond acceptors (Lipinski definition) is 4. The highest BCUT2D eigenvalue weighted by molar-refractivity contribution is 7.99. The van der Waals surface area contributed by atoms with Crippen LogP contribution >= 0.6 is 34.7 Å². The van der Waals surface area contributed by atoms with E-state index in [1.54, 1.807) is 25.2 Å². The Morgan fingerprint density at radius 1 is 1.03 bits per heavy atom. The summed E-state index contributed by atoms with van der Waals surface area (Å²) >= 11 is 10.0. The maximum atomic E-state index is 10.5. The molecule has 0 bridgehead atoms. The van der Waals surface area contributed by atoms with Gasteiger partial charge in [-0.3, -0.25) is 0 Å². The highest BCUT2D eigenvalue weighted by Gasteiger charge is 2.24. The molecule has 0 saturated heterocycles. The zero-order valence-corrected chi connectivity index (χ0v) is 19.5. The van der Waals surface area contributed by atoms with Crippen molar-refractivity contribution in [2.24, 2.45) is 0 Å². The molecule has 2 heterocycles. The van der Waals surface area contributed by atoms with Gasteiger partial charge in [0.1, 0.15) is 5.60 Å². The molecule has 0 radical (unpaired) electrons. The second-order valence-corrected chi connectivity index (χ2v) is 10.3. The molecule has 1 N–H and O–H groups in total. The van der Waals surface area contributed by atoms with Crippen molar-refractivity contribution in [3.63, 3.8) is 0 Å². The molecule has 0 aliphatic carbocycles. The van der Waals surface area contributed by atoms with Gasteiger partial charge in [0.2, 0.25) is 0 Å². The Morgan fingerprint density at radius 2 is 1.80 bits per heavy atom. The lowest BCUT2D eigenvalue weighted by Gasteiger charge is -2.13. The third-order valence-corrected chi connectivity index (χ3v) is 7.06. The van der Waals surface area contributed by atoms with E-state index in [1.807, 2.05) is 46.8 Å². The molecular weight excluding hydrogens is 432 g/mol. The highest BCUT2D eigenvalue weighted by atomic mass is 35.5. The normalized spacial score (nSPS) is 11.8. The van der Waals surface area contributed by atoms with E-state index in [0.717, 1.165) is 22.0 Å². The SMILES string of the molecule is CCSc1cccc(-c2ccc(-c3cc(C(C)(C)O)nn3-c3ccccc3Cl)s2)c1. The van der Waals surface area contributed by atoms with Gasteiger partial charge in [-0.1, -0.05) is 42.8 Å². The first-order valence-corrected chi connectivity index (χ1v) is 12.0. The molecule has 2 aromatic heterocycles. The monoisotopic (exact) mass is 454 g/mol. The topological polar surface area (TPSA) is 38.1 Å². The van der Waals surface area contributed by atoms with E-state index in [9.17, 15) is 5.11 Å². The molecule has 4 rings (SSSR count). The molecule has 0 aliphatic heterocycles. The molecule has 6 heteroatoms. The molecule has 4 aromatic rings. The fourth-order valence-corrected chi connectivity index (χ4v) is 5.14. The summed E-state index contributed by atoms with van der Waals surface area (Å²) < 4.78 is 1.83. The van der Waals surface area contributed by atoms with Crippen molar-refractivity contribution < 1.29 is 5.11 Å². The first-order valence-electron chi connectivity index (χ1n) is 9.78. The van der Waals surface area contributed by atoms with Crippen LogP contribution in [-0.4, -0.2) is 20.6 Å². The van der Waals surface area contributed by atoms with E-state index in [0.29, 0.717) is 10.7 Å². The number of thiophene rings is 1. The van der Waals surface area contributed by atoms with Crippen molar-refractivity contribution in [2.75, 3.05) is 5.75 Å². The number of rotatable bonds is 6. The summed E-state index contributed by atoms with van der Waals surface area (Å²) in [5.74, 6) is 1.05. The predicted molar refractivity (Wildman–Crippen MR) is 129 cm³/mol. The third-order valence-electron chi connectivity index (χ3n) is 4.70. The van der Waals surface area contributed by atoms with Gasteiger partial charge in [-0.25, -0.2) is 4.68 Å². The molecule has 0 atom stereocenters. The Morgan fingerprint density at radius 3 is 2.53 bits per heavy atom. The first-order chi connectivity index (χ1) is 14.4. The molecule has 3 nitrogen and oxygen atoms in total. The average Bonchev–Trinajstić information content (AvgIpc) is 3.36. The van der Waals surface area contributed by atoms with Crippen LogP contribution in [0.3, 0.4) is 0 Å². The molecule has 0 amide bonds. The van der Waals surface area contributed by atoms with Crippen LogP contribution in [0, 0.1) is 0 Å². The van der Waals surface area contributed by atoms with Crippen molar-refractivity contribution in [3.05, 3.63) is 77.4 Å². The molecule has 0 fully saturated rings. The van der Waals surface area contributed by atoms with Gasteiger partial charge in [0.15, 0.2) is 0 Å². The van der Waals surface area contributed by atoms with E-state index in [2.05, 4.69) is 43.3 Å². The maximum Gasteiger partial charge on any atom is 0.103 e. The number of aromatic nitrogens is 2. The lowest BCUT2D eigenvalue weighted by molar-refractivity contribution is 0.0734. The van der Waals surface area contributed by atoms with Gasteiger partial charge in [-0.05, 0) is 67.6 Å². The van der Waals surface area contributed by atoms with E-state index in [4.69, 9.17) is 16.7 Å². The Balaban J connectivity index is 1.80. The Hall–Kier alpha value is -2.05. The number of halogens is 1. The predicted octanol–water partition coefficient (Wildman–Crippen LogP) is 7.26.